The molecule has 0 aliphatic carbocycles. The monoisotopic (exact) mass is 400 g/mol. The molecule has 3 rings (SSSR count). The van der Waals surface area contributed by atoms with Gasteiger partial charge in [-0.1, -0.05) is 6.07 Å². The van der Waals surface area contributed by atoms with E-state index in [-0.39, 0.29) is 18.6 Å². The van der Waals surface area contributed by atoms with Crippen LogP contribution in [0.15, 0.2) is 36.4 Å². The molecule has 29 heavy (non-hydrogen) atoms. The normalized spacial score (nSPS) is 11.8. The number of nitrogens with one attached hydrogen (secondary N) is 2. The molecule has 0 saturated heterocycles. The lowest BCUT2D eigenvalue weighted by Gasteiger charge is -2.12. The van der Waals surface area contributed by atoms with E-state index in [1.165, 1.54) is 13.2 Å². The maximum atomic E-state index is 12.6. The highest BCUT2D eigenvalue weighted by Crippen LogP contribution is 2.32. The summed E-state index contributed by atoms with van der Waals surface area (Å²) >= 11 is 0. The van der Waals surface area contributed by atoms with Crippen LogP contribution in [0, 0.1) is 0 Å². The predicted molar refractivity (Wildman–Crippen MR) is 106 cm³/mol. The van der Waals surface area contributed by atoms with E-state index in [0.29, 0.717) is 54.7 Å². The quantitative estimate of drug-likeness (QED) is 0.626. The van der Waals surface area contributed by atoms with Crippen LogP contribution in [0.4, 0.5) is 0 Å². The summed E-state index contributed by atoms with van der Waals surface area (Å²) in [6.45, 7) is 3.77. The Morgan fingerprint density at radius 2 is 1.86 bits per heavy atom. The van der Waals surface area contributed by atoms with Crippen molar-refractivity contribution in [2.24, 2.45) is 0 Å². The number of methoxy groups -OCH3 is 1. The molecule has 0 saturated carbocycles. The second kappa shape index (κ2) is 9.79. The van der Waals surface area contributed by atoms with Gasteiger partial charge in [-0.2, -0.15) is 0 Å². The summed E-state index contributed by atoms with van der Waals surface area (Å²) in [5.74, 6) is 1.12. The lowest BCUT2D eigenvalue weighted by Crippen LogP contribution is -2.28. The highest BCUT2D eigenvalue weighted by atomic mass is 16.7. The first-order valence-electron chi connectivity index (χ1n) is 9.33. The molecule has 1 aliphatic rings. The lowest BCUT2D eigenvalue weighted by atomic mass is 10.1. The number of amides is 2. The average molecular weight is 400 g/mol. The van der Waals surface area contributed by atoms with Gasteiger partial charge in [0.25, 0.3) is 11.8 Å². The van der Waals surface area contributed by atoms with E-state index in [2.05, 4.69) is 10.6 Å². The topological polar surface area (TPSA) is 95.1 Å². The minimum atomic E-state index is -0.327. The van der Waals surface area contributed by atoms with Crippen molar-refractivity contribution in [3.05, 3.63) is 53.1 Å². The van der Waals surface area contributed by atoms with Crippen molar-refractivity contribution in [1.29, 1.82) is 0 Å². The van der Waals surface area contributed by atoms with Crippen LogP contribution < -0.4 is 24.8 Å². The molecule has 1 heterocycles. The molecule has 8 heteroatoms. The third-order valence-electron chi connectivity index (χ3n) is 4.33. The number of benzene rings is 2. The van der Waals surface area contributed by atoms with Crippen molar-refractivity contribution in [1.82, 2.24) is 10.6 Å². The molecule has 0 atom stereocenters. The Hall–Kier alpha value is -3.26. The zero-order valence-electron chi connectivity index (χ0n) is 16.4. The molecular weight excluding hydrogens is 376 g/mol. The van der Waals surface area contributed by atoms with Gasteiger partial charge in [-0.05, 0) is 42.8 Å². The maximum absolute atomic E-state index is 12.6. The Morgan fingerprint density at radius 3 is 2.66 bits per heavy atom. The molecule has 0 radical (unpaired) electrons. The van der Waals surface area contributed by atoms with Crippen molar-refractivity contribution in [3.8, 4) is 17.2 Å². The Morgan fingerprint density at radius 1 is 1.03 bits per heavy atom. The number of carbonyl (C=O) groups excluding carboxylic acids is 2. The predicted octanol–water partition coefficient (Wildman–Crippen LogP) is 2.12. The van der Waals surface area contributed by atoms with E-state index in [0.717, 1.165) is 5.56 Å². The molecule has 154 valence electrons. The molecule has 0 aromatic heterocycles. The van der Waals surface area contributed by atoms with Gasteiger partial charge in [0, 0.05) is 25.3 Å². The van der Waals surface area contributed by atoms with Crippen molar-refractivity contribution >= 4 is 11.8 Å². The first-order chi connectivity index (χ1) is 14.1. The maximum Gasteiger partial charge on any atom is 0.255 e. The van der Waals surface area contributed by atoms with Gasteiger partial charge in [0.1, 0.15) is 5.75 Å². The van der Waals surface area contributed by atoms with Gasteiger partial charge in [-0.25, -0.2) is 0 Å². The van der Waals surface area contributed by atoms with E-state index in [4.69, 9.17) is 18.9 Å². The smallest absolute Gasteiger partial charge is 0.255 e. The minimum Gasteiger partial charge on any atom is -0.496 e. The third-order valence-corrected chi connectivity index (χ3v) is 4.33. The van der Waals surface area contributed by atoms with Crippen LogP contribution in [0.2, 0.25) is 0 Å². The Bertz CT molecular complexity index is 883. The first-order valence-corrected chi connectivity index (χ1v) is 9.33. The van der Waals surface area contributed by atoms with Crippen LogP contribution in [0.5, 0.6) is 17.2 Å². The molecule has 0 spiro atoms. The molecule has 0 fully saturated rings. The summed E-state index contributed by atoms with van der Waals surface area (Å²) in [5, 5.41) is 5.60. The van der Waals surface area contributed by atoms with Gasteiger partial charge < -0.3 is 29.6 Å². The number of hydrogen-bond donors (Lipinski definition) is 2. The zero-order chi connectivity index (χ0) is 20.6. The molecule has 2 N–H and O–H groups in total. The largest absolute Gasteiger partial charge is 0.496 e. The van der Waals surface area contributed by atoms with Crippen LogP contribution in [-0.4, -0.2) is 45.5 Å². The van der Waals surface area contributed by atoms with Gasteiger partial charge in [-0.15, -0.1) is 0 Å². The minimum absolute atomic E-state index is 0.201. The van der Waals surface area contributed by atoms with E-state index in [1.54, 1.807) is 12.1 Å². The zero-order valence-corrected chi connectivity index (χ0v) is 16.4. The van der Waals surface area contributed by atoms with Crippen molar-refractivity contribution < 1.29 is 28.5 Å². The second-order valence-electron chi connectivity index (χ2n) is 6.24. The SMILES string of the molecule is CCOCCNC(=O)c1cc(C(=O)NCc2ccc3c(c2)OCO3)ccc1OC. The Kier molecular flexibility index (Phi) is 6.91. The van der Waals surface area contributed by atoms with Crippen LogP contribution in [0.1, 0.15) is 33.2 Å². The number of ether oxygens (including phenoxy) is 4. The standard InChI is InChI=1S/C21H24N2O6/c1-3-27-9-8-22-21(25)16-11-15(5-7-17(16)26-2)20(24)23-12-14-4-6-18-19(10-14)29-13-28-18/h4-7,10-11H,3,8-9,12-13H2,1-2H3,(H,22,25)(H,23,24). The van der Waals surface area contributed by atoms with Gasteiger partial charge >= 0.3 is 0 Å². The lowest BCUT2D eigenvalue weighted by molar-refractivity contribution is 0.0919. The van der Waals surface area contributed by atoms with E-state index < -0.39 is 0 Å². The van der Waals surface area contributed by atoms with Crippen molar-refractivity contribution in [2.45, 2.75) is 13.5 Å². The fraction of sp³-hybridized carbons (Fsp3) is 0.333. The van der Waals surface area contributed by atoms with Gasteiger partial charge in [0.2, 0.25) is 6.79 Å². The molecule has 1 aliphatic heterocycles. The van der Waals surface area contributed by atoms with Crippen molar-refractivity contribution in [2.75, 3.05) is 33.7 Å². The number of hydrogen-bond acceptors (Lipinski definition) is 6. The molecule has 2 amide bonds. The van der Waals surface area contributed by atoms with E-state index in [1.807, 2.05) is 25.1 Å². The molecular formula is C21H24N2O6. The molecule has 8 nitrogen and oxygen atoms in total. The van der Waals surface area contributed by atoms with E-state index >= 15 is 0 Å². The molecule has 0 bridgehead atoms. The average Bonchev–Trinajstić information content (AvgIpc) is 3.22. The fourth-order valence-electron chi connectivity index (χ4n) is 2.84. The van der Waals surface area contributed by atoms with Gasteiger partial charge in [0.15, 0.2) is 11.5 Å². The molecule has 0 unspecified atom stereocenters. The van der Waals surface area contributed by atoms with Gasteiger partial charge in [0.05, 0.1) is 19.3 Å². The highest BCUT2D eigenvalue weighted by molar-refractivity contribution is 6.01. The number of carbonyl (C=O) groups is 2. The summed E-state index contributed by atoms with van der Waals surface area (Å²) in [6, 6.07) is 10.2. The number of fused-ring (bicyclic) bond motifs is 1. The van der Waals surface area contributed by atoms with E-state index in [9.17, 15) is 9.59 Å². The van der Waals surface area contributed by atoms with Gasteiger partial charge in [-0.3, -0.25) is 9.59 Å². The van der Waals surface area contributed by atoms with Crippen LogP contribution >= 0.6 is 0 Å². The third kappa shape index (κ3) is 5.17. The summed E-state index contributed by atoms with van der Waals surface area (Å²) in [7, 11) is 1.48. The van der Waals surface area contributed by atoms with Crippen LogP contribution in [-0.2, 0) is 11.3 Å². The molecule has 2 aromatic rings. The van der Waals surface area contributed by atoms with Crippen LogP contribution in [0.3, 0.4) is 0 Å². The molecule has 2 aromatic carbocycles. The summed E-state index contributed by atoms with van der Waals surface area (Å²) in [5.41, 5.74) is 1.53. The van der Waals surface area contributed by atoms with Crippen molar-refractivity contribution in [3.63, 3.8) is 0 Å². The Labute approximate surface area is 169 Å². The van der Waals surface area contributed by atoms with Crippen LogP contribution in [0.25, 0.3) is 0 Å². The summed E-state index contributed by atoms with van der Waals surface area (Å²) < 4.78 is 21.1. The second-order valence-corrected chi connectivity index (χ2v) is 6.24. The highest BCUT2D eigenvalue weighted by Gasteiger charge is 2.17. The summed E-state index contributed by atoms with van der Waals surface area (Å²) in [4.78, 5) is 25.0. The Balaban J connectivity index is 1.64. The first kappa shape index (κ1) is 20.5. The fourth-order valence-corrected chi connectivity index (χ4v) is 2.84. The summed E-state index contributed by atoms with van der Waals surface area (Å²) in [6.07, 6.45) is 0. The number of rotatable bonds is 9.